The van der Waals surface area contributed by atoms with Gasteiger partial charge in [0.05, 0.1) is 36.1 Å². The molecule has 0 fully saturated rings. The summed E-state index contributed by atoms with van der Waals surface area (Å²) in [6.07, 6.45) is 5.24. The summed E-state index contributed by atoms with van der Waals surface area (Å²) in [6.45, 7) is 14.2. The smallest absolute Gasteiger partial charge is 0.0925 e. The molecule has 3 rings (SSSR count). The number of nitrogens with one attached hydrogen (secondary N) is 6. The Balaban J connectivity index is 1.37. The van der Waals surface area contributed by atoms with Crippen molar-refractivity contribution in [2.24, 2.45) is 0 Å². The highest BCUT2D eigenvalue weighted by molar-refractivity contribution is 5.09. The number of rotatable bonds is 15. The van der Waals surface area contributed by atoms with Crippen LogP contribution in [0.25, 0.3) is 0 Å². The molecule has 0 aliphatic rings. The van der Waals surface area contributed by atoms with Crippen LogP contribution in [0.1, 0.15) is 34.2 Å². The molecule has 0 bridgehead atoms. The van der Waals surface area contributed by atoms with Gasteiger partial charge in [-0.05, 0) is 20.8 Å². The van der Waals surface area contributed by atoms with E-state index in [-0.39, 0.29) is 0 Å². The molecule has 0 saturated heterocycles. The van der Waals surface area contributed by atoms with Crippen molar-refractivity contribution in [2.45, 2.75) is 40.4 Å². The number of aromatic nitrogens is 6. The molecule has 0 saturated carbocycles. The molecular weight excluding hydrogens is 392 g/mol. The number of aryl methyl sites for hydroxylation is 3. The van der Waals surface area contributed by atoms with Crippen LogP contribution < -0.4 is 16.0 Å². The normalized spacial score (nSPS) is 11.6. The predicted molar refractivity (Wildman–Crippen MR) is 122 cm³/mol. The van der Waals surface area contributed by atoms with Gasteiger partial charge in [0.25, 0.3) is 0 Å². The predicted octanol–water partition coefficient (Wildman–Crippen LogP) is 0.752. The van der Waals surface area contributed by atoms with Crippen LogP contribution in [0.4, 0.5) is 0 Å². The molecule has 0 aliphatic carbocycles. The maximum atomic E-state index is 4.35. The van der Waals surface area contributed by atoms with Crippen LogP contribution in [-0.4, -0.2) is 74.1 Å². The number of H-pyrrole nitrogens is 3. The van der Waals surface area contributed by atoms with Gasteiger partial charge in [-0.2, -0.15) is 0 Å². The quantitative estimate of drug-likeness (QED) is 0.197. The zero-order chi connectivity index (χ0) is 21.9. The van der Waals surface area contributed by atoms with E-state index in [9.17, 15) is 0 Å². The number of aromatic amines is 3. The molecule has 0 atom stereocenters. The van der Waals surface area contributed by atoms with E-state index >= 15 is 0 Å². The SMILES string of the molecule is Cc1[nH]cnc1CNCCN(CCNCc1nc[nH]c1C)CCNCc1nc[nH]c1C. The lowest BCUT2D eigenvalue weighted by atomic mass is 10.3. The van der Waals surface area contributed by atoms with Crippen molar-refractivity contribution in [3.05, 3.63) is 53.1 Å². The van der Waals surface area contributed by atoms with Crippen LogP contribution in [0.5, 0.6) is 0 Å². The van der Waals surface area contributed by atoms with E-state index < -0.39 is 0 Å². The summed E-state index contributed by atoms with van der Waals surface area (Å²) in [5, 5.41) is 10.5. The first-order valence-electron chi connectivity index (χ1n) is 10.9. The Morgan fingerprint density at radius 1 is 0.613 bits per heavy atom. The van der Waals surface area contributed by atoms with E-state index in [0.717, 1.165) is 93.1 Å². The largest absolute Gasteiger partial charge is 0.348 e. The summed E-state index contributed by atoms with van der Waals surface area (Å²) in [4.78, 5) is 24.9. The summed E-state index contributed by atoms with van der Waals surface area (Å²) in [5.74, 6) is 0. The van der Waals surface area contributed by atoms with E-state index in [1.807, 2.05) is 0 Å². The van der Waals surface area contributed by atoms with Crippen molar-refractivity contribution in [3.8, 4) is 0 Å². The molecular formula is C21H36N10. The van der Waals surface area contributed by atoms with Gasteiger partial charge in [0.15, 0.2) is 0 Å². The van der Waals surface area contributed by atoms with Crippen molar-refractivity contribution in [3.63, 3.8) is 0 Å². The van der Waals surface area contributed by atoms with E-state index in [0.29, 0.717) is 0 Å². The Hall–Kier alpha value is -2.53. The second kappa shape index (κ2) is 12.4. The molecule has 0 aliphatic heterocycles. The standard InChI is InChI=1S/C21H36N10/c1-16-19(28-13-25-16)10-22-4-7-31(8-5-23-11-20-17(2)26-14-29-20)9-6-24-12-21-18(3)27-15-30-21/h13-15,22-24H,4-12H2,1-3H3,(H,25,28)(H,26,29)(H,27,30). The van der Waals surface area contributed by atoms with Crippen LogP contribution in [0, 0.1) is 20.8 Å². The fourth-order valence-corrected chi connectivity index (χ4v) is 3.36. The third-order valence-electron chi connectivity index (χ3n) is 5.49. The van der Waals surface area contributed by atoms with Gasteiger partial charge in [-0.1, -0.05) is 0 Å². The van der Waals surface area contributed by atoms with E-state index in [4.69, 9.17) is 0 Å². The Kier molecular flexibility index (Phi) is 9.22. The summed E-state index contributed by atoms with van der Waals surface area (Å²) >= 11 is 0. The van der Waals surface area contributed by atoms with Gasteiger partial charge in [0.2, 0.25) is 0 Å². The molecule has 0 unspecified atom stereocenters. The van der Waals surface area contributed by atoms with Gasteiger partial charge in [0.1, 0.15) is 0 Å². The van der Waals surface area contributed by atoms with E-state index in [1.54, 1.807) is 19.0 Å². The fourth-order valence-electron chi connectivity index (χ4n) is 3.36. The van der Waals surface area contributed by atoms with Gasteiger partial charge < -0.3 is 30.9 Å². The molecule has 0 amide bonds. The van der Waals surface area contributed by atoms with Crippen LogP contribution in [-0.2, 0) is 19.6 Å². The zero-order valence-corrected chi connectivity index (χ0v) is 18.9. The van der Waals surface area contributed by atoms with Crippen LogP contribution in [0.3, 0.4) is 0 Å². The lowest BCUT2D eigenvalue weighted by Gasteiger charge is -2.23. The maximum Gasteiger partial charge on any atom is 0.0925 e. The first kappa shape index (κ1) is 23.1. The average molecular weight is 429 g/mol. The summed E-state index contributed by atoms with van der Waals surface area (Å²) < 4.78 is 0. The molecule has 0 spiro atoms. The second-order valence-electron chi connectivity index (χ2n) is 7.79. The van der Waals surface area contributed by atoms with Crippen LogP contribution >= 0.6 is 0 Å². The molecule has 31 heavy (non-hydrogen) atoms. The monoisotopic (exact) mass is 428 g/mol. The first-order chi connectivity index (χ1) is 15.1. The Labute approximate surface area is 184 Å². The van der Waals surface area contributed by atoms with Crippen molar-refractivity contribution in [1.82, 2.24) is 50.8 Å². The Morgan fingerprint density at radius 2 is 0.935 bits per heavy atom. The highest BCUT2D eigenvalue weighted by Crippen LogP contribution is 2.01. The molecule has 0 aromatic carbocycles. The van der Waals surface area contributed by atoms with Crippen molar-refractivity contribution < 1.29 is 0 Å². The third-order valence-corrected chi connectivity index (χ3v) is 5.49. The maximum absolute atomic E-state index is 4.35. The molecule has 3 aromatic heterocycles. The highest BCUT2D eigenvalue weighted by Gasteiger charge is 2.07. The van der Waals surface area contributed by atoms with Gasteiger partial charge >= 0.3 is 0 Å². The van der Waals surface area contributed by atoms with E-state index in [2.05, 4.69) is 71.5 Å². The zero-order valence-electron chi connectivity index (χ0n) is 18.9. The molecule has 3 heterocycles. The van der Waals surface area contributed by atoms with Crippen molar-refractivity contribution in [2.75, 3.05) is 39.3 Å². The number of nitrogens with zero attached hydrogens (tertiary/aromatic N) is 4. The average Bonchev–Trinajstić information content (AvgIpc) is 3.47. The second-order valence-corrected chi connectivity index (χ2v) is 7.79. The third kappa shape index (κ3) is 7.59. The fraction of sp³-hybridized carbons (Fsp3) is 0.571. The topological polar surface area (TPSA) is 125 Å². The lowest BCUT2D eigenvalue weighted by Crippen LogP contribution is -2.40. The molecule has 10 heteroatoms. The van der Waals surface area contributed by atoms with Gasteiger partial charge in [0, 0.05) is 76.0 Å². The number of hydrogen-bond acceptors (Lipinski definition) is 7. The first-order valence-corrected chi connectivity index (χ1v) is 10.9. The van der Waals surface area contributed by atoms with Crippen LogP contribution in [0.15, 0.2) is 19.0 Å². The Morgan fingerprint density at radius 3 is 1.19 bits per heavy atom. The van der Waals surface area contributed by atoms with Crippen molar-refractivity contribution >= 4 is 0 Å². The molecule has 10 nitrogen and oxygen atoms in total. The summed E-state index contributed by atoms with van der Waals surface area (Å²) in [6, 6.07) is 0. The van der Waals surface area contributed by atoms with Gasteiger partial charge in [-0.15, -0.1) is 0 Å². The minimum atomic E-state index is 0.788. The molecule has 3 aromatic rings. The molecule has 0 radical (unpaired) electrons. The van der Waals surface area contributed by atoms with Gasteiger partial charge in [-0.25, -0.2) is 15.0 Å². The highest BCUT2D eigenvalue weighted by atomic mass is 15.2. The minimum absolute atomic E-state index is 0.788. The number of imidazole rings is 3. The van der Waals surface area contributed by atoms with Crippen molar-refractivity contribution in [1.29, 1.82) is 0 Å². The van der Waals surface area contributed by atoms with E-state index in [1.165, 1.54) is 0 Å². The van der Waals surface area contributed by atoms with Crippen LogP contribution in [0.2, 0.25) is 0 Å². The summed E-state index contributed by atoms with van der Waals surface area (Å²) in [7, 11) is 0. The minimum Gasteiger partial charge on any atom is -0.348 e. The lowest BCUT2D eigenvalue weighted by molar-refractivity contribution is 0.270. The Bertz CT molecular complexity index is 766. The molecule has 170 valence electrons. The van der Waals surface area contributed by atoms with Gasteiger partial charge in [-0.3, -0.25) is 4.90 Å². The number of hydrogen-bond donors (Lipinski definition) is 6. The molecule has 6 N–H and O–H groups in total. The summed E-state index contributed by atoms with van der Waals surface area (Å²) in [5.41, 5.74) is 6.62.